The lowest BCUT2D eigenvalue weighted by Crippen LogP contribution is -2.11. The Kier molecular flexibility index (Phi) is 3.25. The van der Waals surface area contributed by atoms with E-state index in [0.29, 0.717) is 12.5 Å². The molecule has 1 aromatic rings. The van der Waals surface area contributed by atoms with Crippen molar-refractivity contribution >= 4 is 0 Å². The minimum Gasteiger partial charge on any atom is -0.298 e. The quantitative estimate of drug-likeness (QED) is 0.682. The maximum absolute atomic E-state index is 4.98. The normalized spacial score (nSPS) is 11.0. The Balaban J connectivity index is 2.63. The van der Waals surface area contributed by atoms with Gasteiger partial charge in [-0.1, -0.05) is 13.8 Å². The molecule has 2 N–H and O–H groups in total. The summed E-state index contributed by atoms with van der Waals surface area (Å²) >= 11 is 0. The van der Waals surface area contributed by atoms with Gasteiger partial charge < -0.3 is 0 Å². The zero-order chi connectivity index (χ0) is 8.97. The number of rotatable bonds is 4. The largest absolute Gasteiger partial charge is 0.298 e. The van der Waals surface area contributed by atoms with Crippen molar-refractivity contribution < 1.29 is 4.84 Å². The van der Waals surface area contributed by atoms with Crippen LogP contribution < -0.4 is 5.90 Å². The SMILES string of the molecule is CC(C)Cn1nccc1CON. The molecule has 0 spiro atoms. The fraction of sp³-hybridized carbons (Fsp3) is 0.625. The number of hydrogen-bond acceptors (Lipinski definition) is 3. The maximum atomic E-state index is 4.98. The molecular weight excluding hydrogens is 154 g/mol. The standard InChI is InChI=1S/C8H15N3O/c1-7(2)5-11-8(6-12-9)3-4-10-11/h3-4,7H,5-6,9H2,1-2H3. The van der Waals surface area contributed by atoms with Gasteiger partial charge in [-0.15, -0.1) is 0 Å². The zero-order valence-corrected chi connectivity index (χ0v) is 7.53. The number of nitrogens with two attached hydrogens (primary N) is 1. The Morgan fingerprint density at radius 3 is 3.00 bits per heavy atom. The van der Waals surface area contributed by atoms with Crippen LogP contribution in [0.3, 0.4) is 0 Å². The molecule has 68 valence electrons. The molecule has 0 atom stereocenters. The second-order valence-electron chi connectivity index (χ2n) is 3.21. The van der Waals surface area contributed by atoms with E-state index in [1.165, 1.54) is 0 Å². The Hall–Kier alpha value is -0.870. The van der Waals surface area contributed by atoms with Gasteiger partial charge in [0.2, 0.25) is 0 Å². The first kappa shape index (κ1) is 9.22. The van der Waals surface area contributed by atoms with Crippen molar-refractivity contribution in [3.05, 3.63) is 18.0 Å². The number of aromatic nitrogens is 2. The van der Waals surface area contributed by atoms with Crippen molar-refractivity contribution in [3.63, 3.8) is 0 Å². The first-order chi connectivity index (χ1) is 5.74. The first-order valence-corrected chi connectivity index (χ1v) is 4.06. The molecule has 1 rings (SSSR count). The summed E-state index contributed by atoms with van der Waals surface area (Å²) in [4.78, 5) is 4.55. The van der Waals surface area contributed by atoms with Crippen LogP contribution in [-0.2, 0) is 18.0 Å². The molecule has 4 nitrogen and oxygen atoms in total. The Morgan fingerprint density at radius 2 is 2.42 bits per heavy atom. The highest BCUT2D eigenvalue weighted by Gasteiger charge is 2.03. The minimum atomic E-state index is 0.423. The molecule has 4 heteroatoms. The van der Waals surface area contributed by atoms with E-state index in [4.69, 9.17) is 5.90 Å². The van der Waals surface area contributed by atoms with E-state index in [1.807, 2.05) is 10.7 Å². The van der Waals surface area contributed by atoms with Crippen LogP contribution in [0.25, 0.3) is 0 Å². The molecule has 1 heterocycles. The van der Waals surface area contributed by atoms with Crippen LogP contribution in [0.1, 0.15) is 19.5 Å². The van der Waals surface area contributed by atoms with Crippen molar-refractivity contribution in [1.82, 2.24) is 9.78 Å². The Bertz CT molecular complexity index is 232. The van der Waals surface area contributed by atoms with Crippen molar-refractivity contribution in [1.29, 1.82) is 0 Å². The van der Waals surface area contributed by atoms with E-state index in [9.17, 15) is 0 Å². The van der Waals surface area contributed by atoms with Crippen molar-refractivity contribution in [2.45, 2.75) is 27.0 Å². The van der Waals surface area contributed by atoms with Gasteiger partial charge in [-0.3, -0.25) is 9.52 Å². The van der Waals surface area contributed by atoms with Gasteiger partial charge in [-0.05, 0) is 12.0 Å². The summed E-state index contributed by atoms with van der Waals surface area (Å²) in [7, 11) is 0. The predicted molar refractivity (Wildman–Crippen MR) is 46.0 cm³/mol. The van der Waals surface area contributed by atoms with Gasteiger partial charge >= 0.3 is 0 Å². The molecule has 0 unspecified atom stereocenters. The van der Waals surface area contributed by atoms with E-state index < -0.39 is 0 Å². The molecule has 0 aliphatic carbocycles. The van der Waals surface area contributed by atoms with Crippen molar-refractivity contribution in [2.24, 2.45) is 11.8 Å². The summed E-state index contributed by atoms with van der Waals surface area (Å²) in [5, 5.41) is 4.16. The average molecular weight is 169 g/mol. The van der Waals surface area contributed by atoms with Crippen LogP contribution in [0.2, 0.25) is 0 Å². The molecule has 0 fully saturated rings. The molecule has 0 aliphatic heterocycles. The highest BCUT2D eigenvalue weighted by Crippen LogP contribution is 2.04. The van der Waals surface area contributed by atoms with E-state index >= 15 is 0 Å². The van der Waals surface area contributed by atoms with Crippen LogP contribution in [-0.4, -0.2) is 9.78 Å². The lowest BCUT2D eigenvalue weighted by molar-refractivity contribution is 0.117. The van der Waals surface area contributed by atoms with Gasteiger partial charge in [0.25, 0.3) is 0 Å². The Morgan fingerprint density at radius 1 is 1.67 bits per heavy atom. The summed E-state index contributed by atoms with van der Waals surface area (Å²) in [5.41, 5.74) is 1.02. The topological polar surface area (TPSA) is 53.1 Å². The first-order valence-electron chi connectivity index (χ1n) is 4.06. The number of hydrogen-bond donors (Lipinski definition) is 1. The van der Waals surface area contributed by atoms with Gasteiger partial charge in [-0.25, -0.2) is 5.90 Å². The molecule has 0 aromatic carbocycles. The molecule has 0 amide bonds. The summed E-state index contributed by atoms with van der Waals surface area (Å²) < 4.78 is 1.91. The Labute approximate surface area is 72.3 Å². The average Bonchev–Trinajstić information content (AvgIpc) is 2.37. The second kappa shape index (κ2) is 4.23. The van der Waals surface area contributed by atoms with Crippen LogP contribution in [0, 0.1) is 5.92 Å². The molecule has 12 heavy (non-hydrogen) atoms. The van der Waals surface area contributed by atoms with Crippen LogP contribution in [0.4, 0.5) is 0 Å². The van der Waals surface area contributed by atoms with E-state index in [-0.39, 0.29) is 0 Å². The summed E-state index contributed by atoms with van der Waals surface area (Å²) in [6.45, 7) is 5.63. The van der Waals surface area contributed by atoms with Gasteiger partial charge in [-0.2, -0.15) is 5.10 Å². The second-order valence-corrected chi connectivity index (χ2v) is 3.21. The maximum Gasteiger partial charge on any atom is 0.110 e. The third-order valence-electron chi connectivity index (χ3n) is 1.57. The summed E-state index contributed by atoms with van der Waals surface area (Å²) in [5.74, 6) is 5.56. The van der Waals surface area contributed by atoms with Gasteiger partial charge in [0.05, 0.1) is 5.69 Å². The molecule has 0 radical (unpaired) electrons. The lowest BCUT2D eigenvalue weighted by atomic mass is 10.2. The molecule has 1 aromatic heterocycles. The molecular formula is C8H15N3O. The molecule has 0 aliphatic rings. The fourth-order valence-electron chi connectivity index (χ4n) is 1.08. The summed E-state index contributed by atoms with van der Waals surface area (Å²) in [6.07, 6.45) is 1.76. The third kappa shape index (κ3) is 2.32. The highest BCUT2D eigenvalue weighted by atomic mass is 16.6. The zero-order valence-electron chi connectivity index (χ0n) is 7.53. The van der Waals surface area contributed by atoms with E-state index in [1.54, 1.807) is 6.20 Å². The molecule has 0 saturated carbocycles. The van der Waals surface area contributed by atoms with Gasteiger partial charge in [0.15, 0.2) is 0 Å². The third-order valence-corrected chi connectivity index (χ3v) is 1.57. The van der Waals surface area contributed by atoms with E-state index in [2.05, 4.69) is 23.8 Å². The van der Waals surface area contributed by atoms with E-state index in [0.717, 1.165) is 12.2 Å². The lowest BCUT2D eigenvalue weighted by Gasteiger charge is -2.08. The van der Waals surface area contributed by atoms with Crippen LogP contribution in [0.15, 0.2) is 12.3 Å². The predicted octanol–water partition coefficient (Wildman–Crippen LogP) is 0.929. The van der Waals surface area contributed by atoms with Crippen LogP contribution >= 0.6 is 0 Å². The monoisotopic (exact) mass is 169 g/mol. The summed E-state index contributed by atoms with van der Waals surface area (Å²) in [6, 6.07) is 1.91. The van der Waals surface area contributed by atoms with Crippen molar-refractivity contribution in [3.8, 4) is 0 Å². The van der Waals surface area contributed by atoms with Crippen LogP contribution in [0.5, 0.6) is 0 Å². The minimum absolute atomic E-state index is 0.423. The molecule has 0 bridgehead atoms. The van der Waals surface area contributed by atoms with Gasteiger partial charge in [0.1, 0.15) is 6.61 Å². The fourth-order valence-corrected chi connectivity index (χ4v) is 1.08. The van der Waals surface area contributed by atoms with Crippen molar-refractivity contribution in [2.75, 3.05) is 0 Å². The highest BCUT2D eigenvalue weighted by molar-refractivity contribution is 4.98. The smallest absolute Gasteiger partial charge is 0.110 e. The van der Waals surface area contributed by atoms with Gasteiger partial charge in [0, 0.05) is 12.7 Å². The number of nitrogens with zero attached hydrogens (tertiary/aromatic N) is 2. The molecule has 0 saturated heterocycles.